The fourth-order valence-electron chi connectivity index (χ4n) is 3.93. The summed E-state index contributed by atoms with van der Waals surface area (Å²) in [6.07, 6.45) is -0.359. The third-order valence-electron chi connectivity index (χ3n) is 5.03. The molecule has 0 aromatic heterocycles. The van der Waals surface area contributed by atoms with Crippen LogP contribution in [0.15, 0.2) is 18.2 Å². The molecule has 1 saturated carbocycles. The molecule has 1 aromatic rings. The zero-order valence-electron chi connectivity index (χ0n) is 13.8. The molecular weight excluding hydrogens is 379 g/mol. The van der Waals surface area contributed by atoms with Crippen LogP contribution in [0.1, 0.15) is 42.9 Å². The van der Waals surface area contributed by atoms with Crippen molar-refractivity contribution in [2.24, 2.45) is 5.92 Å². The van der Waals surface area contributed by atoms with E-state index in [1.807, 2.05) is 0 Å². The zero-order chi connectivity index (χ0) is 16.4. The van der Waals surface area contributed by atoms with Crippen LogP contribution in [-0.2, 0) is 6.18 Å². The zero-order valence-corrected chi connectivity index (χ0v) is 15.5. The molecule has 1 saturated heterocycles. The summed E-state index contributed by atoms with van der Waals surface area (Å²) in [6.45, 7) is 3.08. The van der Waals surface area contributed by atoms with Gasteiger partial charge in [0.05, 0.1) is 5.56 Å². The van der Waals surface area contributed by atoms with Crippen molar-refractivity contribution in [1.82, 2.24) is 10.2 Å². The molecule has 0 spiro atoms. The first-order valence-corrected chi connectivity index (χ1v) is 8.28. The van der Waals surface area contributed by atoms with Gasteiger partial charge in [-0.05, 0) is 37.0 Å². The van der Waals surface area contributed by atoms with E-state index in [0.29, 0.717) is 0 Å². The van der Waals surface area contributed by atoms with Gasteiger partial charge in [0.15, 0.2) is 0 Å². The van der Waals surface area contributed by atoms with Crippen molar-refractivity contribution < 1.29 is 17.6 Å². The molecule has 0 unspecified atom stereocenters. The smallest absolute Gasteiger partial charge is 0.314 e. The SMILES string of the molecule is Cl.Cl.Fc1ccc(C(F)(F)F)cc1[C@@H](C1CCCC1)N1CCNCC1. The lowest BCUT2D eigenvalue weighted by atomic mass is 9.88. The van der Waals surface area contributed by atoms with Crippen LogP contribution >= 0.6 is 24.8 Å². The second kappa shape index (κ2) is 9.40. The molecule has 1 aliphatic heterocycles. The van der Waals surface area contributed by atoms with E-state index in [1.165, 1.54) is 0 Å². The molecule has 1 aromatic carbocycles. The van der Waals surface area contributed by atoms with E-state index in [2.05, 4.69) is 10.2 Å². The average molecular weight is 403 g/mol. The normalized spacial score (nSPS) is 20.6. The highest BCUT2D eigenvalue weighted by molar-refractivity contribution is 5.85. The number of rotatable bonds is 3. The standard InChI is InChI=1S/C17H22F4N2.2ClH/c18-15-6-5-13(17(19,20)21)11-14(15)16(12-3-1-2-4-12)23-9-7-22-8-10-23;;/h5-6,11-12,16,22H,1-4,7-10H2;2*1H/t16-;;/m1../s1. The summed E-state index contributed by atoms with van der Waals surface area (Å²) >= 11 is 0. The van der Waals surface area contributed by atoms with Gasteiger partial charge >= 0.3 is 6.18 Å². The van der Waals surface area contributed by atoms with Crippen LogP contribution in [0.3, 0.4) is 0 Å². The minimum Gasteiger partial charge on any atom is -0.314 e. The van der Waals surface area contributed by atoms with Gasteiger partial charge in [0.1, 0.15) is 5.82 Å². The summed E-state index contributed by atoms with van der Waals surface area (Å²) in [4.78, 5) is 2.16. The molecule has 144 valence electrons. The number of halogens is 6. The Balaban J connectivity index is 0.00000156. The predicted octanol–water partition coefficient (Wildman–Crippen LogP) is 4.82. The molecule has 2 aliphatic rings. The number of benzene rings is 1. The molecule has 1 N–H and O–H groups in total. The van der Waals surface area contributed by atoms with Gasteiger partial charge in [-0.3, -0.25) is 4.90 Å². The summed E-state index contributed by atoms with van der Waals surface area (Å²) in [5.74, 6) is -0.278. The van der Waals surface area contributed by atoms with Gasteiger partial charge in [0.25, 0.3) is 0 Å². The second-order valence-electron chi connectivity index (χ2n) is 6.51. The average Bonchev–Trinajstić information content (AvgIpc) is 3.03. The molecule has 0 amide bonds. The predicted molar refractivity (Wildman–Crippen MR) is 95.0 cm³/mol. The number of alkyl halides is 3. The first-order valence-electron chi connectivity index (χ1n) is 8.28. The first-order chi connectivity index (χ1) is 11.0. The third-order valence-corrected chi connectivity index (χ3v) is 5.03. The highest BCUT2D eigenvalue weighted by Gasteiger charge is 2.36. The van der Waals surface area contributed by atoms with E-state index in [4.69, 9.17) is 0 Å². The largest absolute Gasteiger partial charge is 0.416 e. The van der Waals surface area contributed by atoms with Crippen LogP contribution in [0, 0.1) is 11.7 Å². The van der Waals surface area contributed by atoms with Crippen molar-refractivity contribution in [3.05, 3.63) is 35.1 Å². The Morgan fingerprint density at radius 1 is 1.04 bits per heavy atom. The van der Waals surface area contributed by atoms with Gasteiger partial charge < -0.3 is 5.32 Å². The van der Waals surface area contributed by atoms with Crippen molar-refractivity contribution in [3.8, 4) is 0 Å². The van der Waals surface area contributed by atoms with Crippen LogP contribution in [0.4, 0.5) is 17.6 Å². The molecule has 8 heteroatoms. The molecule has 25 heavy (non-hydrogen) atoms. The van der Waals surface area contributed by atoms with Gasteiger partial charge in [-0.15, -0.1) is 24.8 Å². The highest BCUT2D eigenvalue weighted by atomic mass is 35.5. The summed E-state index contributed by atoms with van der Waals surface area (Å²) in [6, 6.07) is 2.59. The maximum absolute atomic E-state index is 14.4. The van der Waals surface area contributed by atoms with E-state index in [9.17, 15) is 17.6 Å². The van der Waals surface area contributed by atoms with Crippen LogP contribution < -0.4 is 5.32 Å². The Morgan fingerprint density at radius 2 is 1.64 bits per heavy atom. The number of piperazine rings is 1. The molecular formula is C17H24Cl2F4N2. The quantitative estimate of drug-likeness (QED) is 0.728. The molecule has 0 bridgehead atoms. The monoisotopic (exact) mass is 402 g/mol. The third kappa shape index (κ3) is 5.22. The minimum absolute atomic E-state index is 0. The lowest BCUT2D eigenvalue weighted by molar-refractivity contribution is -0.137. The number of nitrogens with zero attached hydrogens (tertiary/aromatic N) is 1. The minimum atomic E-state index is -4.44. The Morgan fingerprint density at radius 3 is 2.20 bits per heavy atom. The lowest BCUT2D eigenvalue weighted by Crippen LogP contribution is -2.47. The van der Waals surface area contributed by atoms with Gasteiger partial charge in [-0.1, -0.05) is 12.8 Å². The van der Waals surface area contributed by atoms with Crippen LogP contribution in [0.2, 0.25) is 0 Å². The van der Waals surface area contributed by atoms with Gasteiger partial charge in [-0.25, -0.2) is 4.39 Å². The Kier molecular flexibility index (Phi) is 8.45. The van der Waals surface area contributed by atoms with E-state index in [0.717, 1.165) is 70.1 Å². The van der Waals surface area contributed by atoms with E-state index in [1.54, 1.807) is 0 Å². The van der Waals surface area contributed by atoms with Crippen LogP contribution in [0.5, 0.6) is 0 Å². The number of hydrogen-bond donors (Lipinski definition) is 1. The fraction of sp³-hybridized carbons (Fsp3) is 0.647. The maximum Gasteiger partial charge on any atom is 0.416 e. The van der Waals surface area contributed by atoms with Crippen molar-refractivity contribution in [2.45, 2.75) is 37.9 Å². The van der Waals surface area contributed by atoms with Gasteiger partial charge in [0, 0.05) is 37.8 Å². The van der Waals surface area contributed by atoms with Crippen LogP contribution in [0.25, 0.3) is 0 Å². The number of nitrogens with one attached hydrogen (secondary N) is 1. The maximum atomic E-state index is 14.4. The fourth-order valence-corrected chi connectivity index (χ4v) is 3.93. The molecule has 0 radical (unpaired) electrons. The van der Waals surface area contributed by atoms with Gasteiger partial charge in [-0.2, -0.15) is 13.2 Å². The molecule has 1 heterocycles. The van der Waals surface area contributed by atoms with E-state index < -0.39 is 17.6 Å². The van der Waals surface area contributed by atoms with E-state index in [-0.39, 0.29) is 42.3 Å². The molecule has 2 fully saturated rings. The molecule has 1 atom stereocenters. The van der Waals surface area contributed by atoms with Crippen molar-refractivity contribution in [1.29, 1.82) is 0 Å². The summed E-state index contributed by atoms with van der Waals surface area (Å²) in [7, 11) is 0. The Bertz CT molecular complexity index is 542. The van der Waals surface area contributed by atoms with Crippen molar-refractivity contribution in [3.63, 3.8) is 0 Å². The highest BCUT2D eigenvalue weighted by Crippen LogP contribution is 2.42. The van der Waals surface area contributed by atoms with Crippen molar-refractivity contribution >= 4 is 24.8 Å². The molecule has 1 aliphatic carbocycles. The van der Waals surface area contributed by atoms with Crippen LogP contribution in [-0.4, -0.2) is 31.1 Å². The summed E-state index contributed by atoms with van der Waals surface area (Å²) < 4.78 is 53.5. The Hall–Kier alpha value is -0.560. The summed E-state index contributed by atoms with van der Waals surface area (Å²) in [5, 5.41) is 3.25. The van der Waals surface area contributed by atoms with Gasteiger partial charge in [0.2, 0.25) is 0 Å². The first kappa shape index (κ1) is 22.5. The topological polar surface area (TPSA) is 15.3 Å². The lowest BCUT2D eigenvalue weighted by Gasteiger charge is -2.39. The van der Waals surface area contributed by atoms with E-state index >= 15 is 0 Å². The second-order valence-corrected chi connectivity index (χ2v) is 6.51. The van der Waals surface area contributed by atoms with Crippen molar-refractivity contribution in [2.75, 3.05) is 26.2 Å². The number of hydrogen-bond acceptors (Lipinski definition) is 2. The molecule has 2 nitrogen and oxygen atoms in total. The Labute approximate surface area is 158 Å². The molecule has 3 rings (SSSR count). The summed E-state index contributed by atoms with van der Waals surface area (Å²) in [5.41, 5.74) is -0.541.